The minimum atomic E-state index is -0.302. The largest absolute Gasteiger partial charge is 0.394 e. The summed E-state index contributed by atoms with van der Waals surface area (Å²) < 4.78 is 18.4. The van der Waals surface area contributed by atoms with Crippen molar-refractivity contribution in [1.29, 1.82) is 0 Å². The third-order valence-electron chi connectivity index (χ3n) is 2.22. The van der Waals surface area contributed by atoms with Gasteiger partial charge in [0.15, 0.2) is 0 Å². The first-order chi connectivity index (χ1) is 7.69. The summed E-state index contributed by atoms with van der Waals surface area (Å²) in [5, 5.41) is 12.4. The van der Waals surface area contributed by atoms with Crippen LogP contribution in [-0.2, 0) is 4.74 Å². The molecule has 1 atom stereocenters. The number of aliphatic hydroxyl groups excluding tert-OH is 1. The van der Waals surface area contributed by atoms with Crippen molar-refractivity contribution in [3.8, 4) is 0 Å². The van der Waals surface area contributed by atoms with Gasteiger partial charge in [0.2, 0.25) is 0 Å². The molecule has 0 aliphatic rings. The van der Waals surface area contributed by atoms with Crippen LogP contribution in [0.2, 0.25) is 0 Å². The van der Waals surface area contributed by atoms with Gasteiger partial charge in [-0.3, -0.25) is 0 Å². The number of methoxy groups -OCH3 is 1. The molecule has 0 saturated heterocycles. The van der Waals surface area contributed by atoms with E-state index in [0.717, 1.165) is 5.56 Å². The topological polar surface area (TPSA) is 41.5 Å². The van der Waals surface area contributed by atoms with Crippen molar-refractivity contribution < 1.29 is 14.2 Å². The van der Waals surface area contributed by atoms with Crippen LogP contribution in [0.15, 0.2) is 22.7 Å². The molecule has 0 aromatic heterocycles. The highest BCUT2D eigenvalue weighted by molar-refractivity contribution is 9.10. The van der Waals surface area contributed by atoms with Gasteiger partial charge in [-0.05, 0) is 17.7 Å². The normalized spacial score (nSPS) is 12.8. The van der Waals surface area contributed by atoms with Crippen LogP contribution < -0.4 is 5.32 Å². The minimum Gasteiger partial charge on any atom is -0.394 e. The monoisotopic (exact) mass is 291 g/mol. The highest BCUT2D eigenvalue weighted by atomic mass is 79.9. The predicted molar refractivity (Wildman–Crippen MR) is 63.8 cm³/mol. The Labute approximate surface area is 103 Å². The van der Waals surface area contributed by atoms with Crippen molar-refractivity contribution in [2.75, 3.05) is 26.9 Å². The molecule has 0 aliphatic heterocycles. The van der Waals surface area contributed by atoms with E-state index in [4.69, 9.17) is 4.74 Å². The van der Waals surface area contributed by atoms with Crippen LogP contribution in [0.4, 0.5) is 4.39 Å². The van der Waals surface area contributed by atoms with Crippen molar-refractivity contribution in [1.82, 2.24) is 5.32 Å². The summed E-state index contributed by atoms with van der Waals surface area (Å²) in [5.41, 5.74) is 0.833. The molecule has 2 N–H and O–H groups in total. The van der Waals surface area contributed by atoms with Gasteiger partial charge in [0, 0.05) is 18.1 Å². The van der Waals surface area contributed by atoms with E-state index in [0.29, 0.717) is 17.6 Å². The first-order valence-corrected chi connectivity index (χ1v) is 5.76. The summed E-state index contributed by atoms with van der Waals surface area (Å²) in [6, 6.07) is 4.20. The molecular weight excluding hydrogens is 277 g/mol. The van der Waals surface area contributed by atoms with E-state index in [2.05, 4.69) is 21.2 Å². The second-order valence-corrected chi connectivity index (χ2v) is 4.20. The van der Waals surface area contributed by atoms with Gasteiger partial charge < -0.3 is 15.2 Å². The predicted octanol–water partition coefficient (Wildman–Crippen LogP) is 1.86. The molecule has 0 radical (unpaired) electrons. The first kappa shape index (κ1) is 13.6. The Morgan fingerprint density at radius 1 is 1.56 bits per heavy atom. The highest BCUT2D eigenvalue weighted by Gasteiger charge is 2.13. The number of benzene rings is 1. The average molecular weight is 292 g/mol. The van der Waals surface area contributed by atoms with Crippen molar-refractivity contribution >= 4 is 15.9 Å². The van der Waals surface area contributed by atoms with Crippen LogP contribution in [0.1, 0.15) is 11.6 Å². The Hall–Kier alpha value is -0.490. The third-order valence-corrected chi connectivity index (χ3v) is 2.90. The van der Waals surface area contributed by atoms with Crippen molar-refractivity contribution in [3.05, 3.63) is 34.1 Å². The number of nitrogens with one attached hydrogen (secondary N) is 1. The molecule has 90 valence electrons. The SMILES string of the molecule is COCCNC(CO)c1ccc(F)cc1Br. The molecule has 5 heteroatoms. The van der Waals surface area contributed by atoms with Gasteiger partial charge in [0.1, 0.15) is 5.82 Å². The number of halogens is 2. The zero-order valence-electron chi connectivity index (χ0n) is 9.04. The second kappa shape index (κ2) is 6.96. The summed E-state index contributed by atoms with van der Waals surface area (Å²) in [5.74, 6) is -0.302. The number of aliphatic hydroxyl groups is 1. The molecule has 1 aromatic carbocycles. The lowest BCUT2D eigenvalue weighted by atomic mass is 10.1. The Balaban J connectivity index is 2.70. The fourth-order valence-corrected chi connectivity index (χ4v) is 2.02. The summed E-state index contributed by atoms with van der Waals surface area (Å²) >= 11 is 3.28. The molecule has 0 spiro atoms. The Kier molecular flexibility index (Phi) is 5.90. The quantitative estimate of drug-likeness (QED) is 0.786. The van der Waals surface area contributed by atoms with E-state index in [9.17, 15) is 9.50 Å². The maximum absolute atomic E-state index is 12.9. The number of hydrogen-bond acceptors (Lipinski definition) is 3. The Morgan fingerprint density at radius 3 is 2.88 bits per heavy atom. The van der Waals surface area contributed by atoms with Crippen molar-refractivity contribution in [3.63, 3.8) is 0 Å². The average Bonchev–Trinajstić information content (AvgIpc) is 2.26. The van der Waals surface area contributed by atoms with Crippen LogP contribution in [0.25, 0.3) is 0 Å². The van der Waals surface area contributed by atoms with Crippen LogP contribution in [-0.4, -0.2) is 32.0 Å². The van der Waals surface area contributed by atoms with E-state index in [-0.39, 0.29) is 18.5 Å². The number of hydrogen-bond donors (Lipinski definition) is 2. The van der Waals surface area contributed by atoms with Crippen molar-refractivity contribution in [2.45, 2.75) is 6.04 Å². The van der Waals surface area contributed by atoms with E-state index in [1.807, 2.05) is 0 Å². The molecule has 0 amide bonds. The number of ether oxygens (including phenoxy) is 1. The maximum atomic E-state index is 12.9. The first-order valence-electron chi connectivity index (χ1n) is 4.97. The van der Waals surface area contributed by atoms with Gasteiger partial charge in [-0.1, -0.05) is 22.0 Å². The lowest BCUT2D eigenvalue weighted by Crippen LogP contribution is -2.27. The van der Waals surface area contributed by atoms with E-state index in [1.165, 1.54) is 12.1 Å². The fourth-order valence-electron chi connectivity index (χ4n) is 1.39. The van der Waals surface area contributed by atoms with E-state index >= 15 is 0 Å². The van der Waals surface area contributed by atoms with Gasteiger partial charge >= 0.3 is 0 Å². The molecule has 16 heavy (non-hydrogen) atoms. The molecule has 0 bridgehead atoms. The van der Waals surface area contributed by atoms with Gasteiger partial charge in [0.05, 0.1) is 19.3 Å². The molecule has 0 saturated carbocycles. The zero-order valence-corrected chi connectivity index (χ0v) is 10.6. The number of rotatable bonds is 6. The summed E-state index contributed by atoms with van der Waals surface area (Å²) in [6.45, 7) is 1.15. The summed E-state index contributed by atoms with van der Waals surface area (Å²) in [6.07, 6.45) is 0. The molecule has 1 unspecified atom stereocenters. The second-order valence-electron chi connectivity index (χ2n) is 3.35. The minimum absolute atomic E-state index is 0.0477. The molecule has 0 fully saturated rings. The fraction of sp³-hybridized carbons (Fsp3) is 0.455. The molecular formula is C11H15BrFNO2. The highest BCUT2D eigenvalue weighted by Crippen LogP contribution is 2.24. The van der Waals surface area contributed by atoms with E-state index < -0.39 is 0 Å². The molecule has 0 aliphatic carbocycles. The molecule has 0 heterocycles. The standard InChI is InChI=1S/C11H15BrFNO2/c1-16-5-4-14-11(7-15)9-3-2-8(13)6-10(9)12/h2-3,6,11,14-15H,4-5,7H2,1H3. The van der Waals surface area contributed by atoms with Crippen molar-refractivity contribution in [2.24, 2.45) is 0 Å². The van der Waals surface area contributed by atoms with Gasteiger partial charge in [-0.2, -0.15) is 0 Å². The lowest BCUT2D eigenvalue weighted by molar-refractivity contribution is 0.184. The maximum Gasteiger partial charge on any atom is 0.124 e. The lowest BCUT2D eigenvalue weighted by Gasteiger charge is -2.17. The summed E-state index contributed by atoms with van der Waals surface area (Å²) in [7, 11) is 1.61. The van der Waals surface area contributed by atoms with Crippen LogP contribution in [0, 0.1) is 5.82 Å². The Bertz CT molecular complexity index is 336. The van der Waals surface area contributed by atoms with Crippen LogP contribution >= 0.6 is 15.9 Å². The van der Waals surface area contributed by atoms with Crippen LogP contribution in [0.5, 0.6) is 0 Å². The van der Waals surface area contributed by atoms with Gasteiger partial charge in [-0.15, -0.1) is 0 Å². The van der Waals surface area contributed by atoms with Gasteiger partial charge in [-0.25, -0.2) is 4.39 Å². The summed E-state index contributed by atoms with van der Waals surface area (Å²) in [4.78, 5) is 0. The molecule has 1 rings (SSSR count). The van der Waals surface area contributed by atoms with Gasteiger partial charge in [0.25, 0.3) is 0 Å². The molecule has 3 nitrogen and oxygen atoms in total. The van der Waals surface area contributed by atoms with E-state index in [1.54, 1.807) is 13.2 Å². The van der Waals surface area contributed by atoms with Crippen LogP contribution in [0.3, 0.4) is 0 Å². The molecule has 1 aromatic rings. The third kappa shape index (κ3) is 3.83. The smallest absolute Gasteiger partial charge is 0.124 e. The Morgan fingerprint density at radius 2 is 2.31 bits per heavy atom. The zero-order chi connectivity index (χ0) is 12.0.